The predicted octanol–water partition coefficient (Wildman–Crippen LogP) is 2.58. The molecular formula is C12H25NO. The highest BCUT2D eigenvalue weighted by molar-refractivity contribution is 4.80. The highest BCUT2D eigenvalue weighted by atomic mass is 16.5. The summed E-state index contributed by atoms with van der Waals surface area (Å²) in [5.41, 5.74) is 0. The lowest BCUT2D eigenvalue weighted by atomic mass is 9.89. The van der Waals surface area contributed by atoms with Crippen LogP contribution in [0, 0.1) is 5.92 Å². The fourth-order valence-electron chi connectivity index (χ4n) is 2.45. The quantitative estimate of drug-likeness (QED) is 0.735. The van der Waals surface area contributed by atoms with Gasteiger partial charge in [-0.1, -0.05) is 33.6 Å². The SMILES string of the molecule is CCNC1CCOC(C(CC)CC)C1. The Morgan fingerprint density at radius 1 is 1.29 bits per heavy atom. The number of hydrogen-bond donors (Lipinski definition) is 1. The van der Waals surface area contributed by atoms with E-state index < -0.39 is 0 Å². The summed E-state index contributed by atoms with van der Waals surface area (Å²) in [5, 5.41) is 3.54. The van der Waals surface area contributed by atoms with Gasteiger partial charge in [0.15, 0.2) is 0 Å². The third-order valence-electron chi connectivity index (χ3n) is 3.38. The maximum atomic E-state index is 5.86. The molecule has 0 saturated carbocycles. The lowest BCUT2D eigenvalue weighted by Crippen LogP contribution is -2.41. The maximum Gasteiger partial charge on any atom is 0.0617 e. The monoisotopic (exact) mass is 199 g/mol. The second-order valence-electron chi connectivity index (χ2n) is 4.26. The molecule has 0 radical (unpaired) electrons. The van der Waals surface area contributed by atoms with E-state index >= 15 is 0 Å². The van der Waals surface area contributed by atoms with Gasteiger partial charge in [-0.05, 0) is 25.3 Å². The van der Waals surface area contributed by atoms with Crippen molar-refractivity contribution in [1.29, 1.82) is 0 Å². The van der Waals surface area contributed by atoms with E-state index in [4.69, 9.17) is 4.74 Å². The molecule has 2 nitrogen and oxygen atoms in total. The molecule has 1 N–H and O–H groups in total. The van der Waals surface area contributed by atoms with Crippen LogP contribution < -0.4 is 5.32 Å². The minimum Gasteiger partial charge on any atom is -0.378 e. The third kappa shape index (κ3) is 3.25. The van der Waals surface area contributed by atoms with Crippen molar-refractivity contribution in [2.24, 2.45) is 5.92 Å². The summed E-state index contributed by atoms with van der Waals surface area (Å²) in [6, 6.07) is 0.694. The van der Waals surface area contributed by atoms with Gasteiger partial charge in [0.25, 0.3) is 0 Å². The average molecular weight is 199 g/mol. The Bertz CT molecular complexity index is 143. The van der Waals surface area contributed by atoms with Gasteiger partial charge in [0, 0.05) is 12.6 Å². The van der Waals surface area contributed by atoms with E-state index in [1.54, 1.807) is 0 Å². The Morgan fingerprint density at radius 2 is 2.00 bits per heavy atom. The molecule has 1 saturated heterocycles. The zero-order valence-corrected chi connectivity index (χ0v) is 9.88. The summed E-state index contributed by atoms with van der Waals surface area (Å²) in [4.78, 5) is 0. The van der Waals surface area contributed by atoms with Crippen molar-refractivity contribution in [3.8, 4) is 0 Å². The fraction of sp³-hybridized carbons (Fsp3) is 1.00. The summed E-state index contributed by atoms with van der Waals surface area (Å²) in [6.45, 7) is 8.75. The molecule has 1 heterocycles. The highest BCUT2D eigenvalue weighted by Gasteiger charge is 2.26. The van der Waals surface area contributed by atoms with Crippen LogP contribution in [0.5, 0.6) is 0 Å². The van der Waals surface area contributed by atoms with Crippen LogP contribution in [0.3, 0.4) is 0 Å². The van der Waals surface area contributed by atoms with Crippen molar-refractivity contribution in [3.63, 3.8) is 0 Å². The van der Waals surface area contributed by atoms with Gasteiger partial charge >= 0.3 is 0 Å². The van der Waals surface area contributed by atoms with Crippen LogP contribution in [0.15, 0.2) is 0 Å². The topological polar surface area (TPSA) is 21.3 Å². The average Bonchev–Trinajstić information content (AvgIpc) is 2.21. The summed E-state index contributed by atoms with van der Waals surface area (Å²) in [5.74, 6) is 0.761. The van der Waals surface area contributed by atoms with Crippen LogP contribution in [0.25, 0.3) is 0 Å². The van der Waals surface area contributed by atoms with E-state index in [2.05, 4.69) is 26.1 Å². The third-order valence-corrected chi connectivity index (χ3v) is 3.38. The van der Waals surface area contributed by atoms with Crippen molar-refractivity contribution >= 4 is 0 Å². The zero-order chi connectivity index (χ0) is 10.4. The number of rotatable bonds is 5. The number of nitrogens with one attached hydrogen (secondary N) is 1. The first-order chi connectivity index (χ1) is 6.81. The molecule has 0 aliphatic carbocycles. The van der Waals surface area contributed by atoms with Gasteiger partial charge in [0.05, 0.1) is 6.10 Å². The Hall–Kier alpha value is -0.0800. The molecule has 1 aliphatic rings. The zero-order valence-electron chi connectivity index (χ0n) is 9.88. The molecule has 0 spiro atoms. The largest absolute Gasteiger partial charge is 0.378 e. The van der Waals surface area contributed by atoms with E-state index in [9.17, 15) is 0 Å². The minimum atomic E-state index is 0.503. The second-order valence-corrected chi connectivity index (χ2v) is 4.26. The smallest absolute Gasteiger partial charge is 0.0617 e. The molecule has 1 rings (SSSR count). The van der Waals surface area contributed by atoms with Gasteiger partial charge in [0.1, 0.15) is 0 Å². The van der Waals surface area contributed by atoms with E-state index in [0.29, 0.717) is 12.1 Å². The van der Waals surface area contributed by atoms with Crippen molar-refractivity contribution in [3.05, 3.63) is 0 Å². The number of hydrogen-bond acceptors (Lipinski definition) is 2. The minimum absolute atomic E-state index is 0.503. The molecule has 2 heteroatoms. The van der Waals surface area contributed by atoms with Gasteiger partial charge in [-0.25, -0.2) is 0 Å². The van der Waals surface area contributed by atoms with Crippen LogP contribution in [-0.4, -0.2) is 25.3 Å². The van der Waals surface area contributed by atoms with Crippen LogP contribution in [0.4, 0.5) is 0 Å². The standard InChI is InChI=1S/C12H25NO/c1-4-10(5-2)12-9-11(13-6-3)7-8-14-12/h10-13H,4-9H2,1-3H3. The normalized spacial score (nSPS) is 28.3. The first kappa shape index (κ1) is 12.0. The Labute approximate surface area is 88.4 Å². The summed E-state index contributed by atoms with van der Waals surface area (Å²) < 4.78 is 5.86. The molecule has 2 unspecified atom stereocenters. The van der Waals surface area contributed by atoms with Gasteiger partial charge in [-0.2, -0.15) is 0 Å². The van der Waals surface area contributed by atoms with Crippen molar-refractivity contribution in [2.45, 2.75) is 58.6 Å². The molecule has 2 atom stereocenters. The van der Waals surface area contributed by atoms with Crippen LogP contribution in [-0.2, 0) is 4.74 Å². The first-order valence-corrected chi connectivity index (χ1v) is 6.16. The van der Waals surface area contributed by atoms with E-state index in [-0.39, 0.29) is 0 Å². The molecular weight excluding hydrogens is 174 g/mol. The molecule has 0 aromatic carbocycles. The van der Waals surface area contributed by atoms with Crippen molar-refractivity contribution < 1.29 is 4.74 Å². The maximum absolute atomic E-state index is 5.86. The molecule has 84 valence electrons. The van der Waals surface area contributed by atoms with Gasteiger partial charge in [-0.15, -0.1) is 0 Å². The van der Waals surface area contributed by atoms with Crippen molar-refractivity contribution in [2.75, 3.05) is 13.2 Å². The lowest BCUT2D eigenvalue weighted by Gasteiger charge is -2.34. The Kier molecular flexibility index (Phi) is 5.49. The highest BCUT2D eigenvalue weighted by Crippen LogP contribution is 2.24. The Morgan fingerprint density at radius 3 is 2.57 bits per heavy atom. The molecule has 0 aromatic heterocycles. The molecule has 14 heavy (non-hydrogen) atoms. The predicted molar refractivity (Wildman–Crippen MR) is 60.5 cm³/mol. The number of ether oxygens (including phenoxy) is 1. The first-order valence-electron chi connectivity index (χ1n) is 6.16. The van der Waals surface area contributed by atoms with Gasteiger partial charge in [0.2, 0.25) is 0 Å². The molecule has 0 bridgehead atoms. The van der Waals surface area contributed by atoms with Gasteiger partial charge in [-0.3, -0.25) is 0 Å². The fourth-order valence-corrected chi connectivity index (χ4v) is 2.45. The van der Waals surface area contributed by atoms with Gasteiger partial charge < -0.3 is 10.1 Å². The lowest BCUT2D eigenvalue weighted by molar-refractivity contribution is -0.0345. The summed E-state index contributed by atoms with van der Waals surface area (Å²) >= 11 is 0. The second kappa shape index (κ2) is 6.41. The van der Waals surface area contributed by atoms with E-state index in [1.807, 2.05) is 0 Å². The van der Waals surface area contributed by atoms with Crippen LogP contribution in [0.1, 0.15) is 46.5 Å². The summed E-state index contributed by atoms with van der Waals surface area (Å²) in [6.07, 6.45) is 5.40. The van der Waals surface area contributed by atoms with Crippen LogP contribution >= 0.6 is 0 Å². The van der Waals surface area contributed by atoms with E-state index in [0.717, 1.165) is 19.1 Å². The molecule has 1 fully saturated rings. The summed E-state index contributed by atoms with van der Waals surface area (Å²) in [7, 11) is 0. The molecule has 0 amide bonds. The van der Waals surface area contributed by atoms with Crippen LogP contribution in [0.2, 0.25) is 0 Å². The molecule has 1 aliphatic heterocycles. The van der Waals surface area contributed by atoms with E-state index in [1.165, 1.54) is 25.7 Å². The Balaban J connectivity index is 2.38. The molecule has 0 aromatic rings. The van der Waals surface area contributed by atoms with Crippen molar-refractivity contribution in [1.82, 2.24) is 5.32 Å².